The molecule has 0 unspecified atom stereocenters. The second-order valence-electron chi connectivity index (χ2n) is 8.34. The molecule has 1 saturated heterocycles. The lowest BCUT2D eigenvalue weighted by atomic mass is 9.93. The Hall–Kier alpha value is -2.44. The van der Waals surface area contributed by atoms with Gasteiger partial charge in [-0.15, -0.1) is 0 Å². The van der Waals surface area contributed by atoms with E-state index in [4.69, 9.17) is 0 Å². The van der Waals surface area contributed by atoms with E-state index in [-0.39, 0.29) is 11.4 Å². The molecule has 1 aromatic heterocycles. The number of allylic oxidation sites excluding steroid dienone is 1. The van der Waals surface area contributed by atoms with Gasteiger partial charge in [-0.25, -0.2) is 9.07 Å². The van der Waals surface area contributed by atoms with E-state index in [9.17, 15) is 9.18 Å². The predicted octanol–water partition coefficient (Wildman–Crippen LogP) is 5.88. The summed E-state index contributed by atoms with van der Waals surface area (Å²) in [7, 11) is 0. The molecule has 4 rings (SSSR count). The zero-order valence-corrected chi connectivity index (χ0v) is 20.0. The normalized spacial score (nSPS) is 15.6. The third-order valence-electron chi connectivity index (χ3n) is 6.22. The SMILES string of the molecule is CCn1c(CN2CCC(CC=Cc3ccc(F)cc3)CC2)c(Br)c(=O)n1-c1ccccc1. The molecule has 0 atom stereocenters. The van der Waals surface area contributed by atoms with Gasteiger partial charge < -0.3 is 0 Å². The highest BCUT2D eigenvalue weighted by atomic mass is 79.9. The number of hydrogen-bond donors (Lipinski definition) is 0. The summed E-state index contributed by atoms with van der Waals surface area (Å²) in [6, 6.07) is 16.4. The number of nitrogens with zero attached hydrogens (tertiary/aromatic N) is 3. The minimum atomic E-state index is -0.200. The van der Waals surface area contributed by atoms with E-state index in [2.05, 4.69) is 44.6 Å². The lowest BCUT2D eigenvalue weighted by molar-refractivity contribution is 0.173. The highest BCUT2D eigenvalue weighted by Gasteiger charge is 2.23. The van der Waals surface area contributed by atoms with Gasteiger partial charge in [-0.05, 0) is 91.0 Å². The smallest absolute Gasteiger partial charge is 0.286 e. The molecule has 32 heavy (non-hydrogen) atoms. The standard InChI is InChI=1S/C26H29BrFN3O/c1-2-30-24(25(27)26(32)31(30)23-9-4-3-5-10-23)19-29-17-15-21(16-18-29)8-6-7-20-11-13-22(28)14-12-20/h3-7,9-14,21H,2,8,15-19H2,1H3. The van der Waals surface area contributed by atoms with Crippen LogP contribution in [0.15, 0.2) is 69.9 Å². The van der Waals surface area contributed by atoms with Crippen molar-refractivity contribution < 1.29 is 4.39 Å². The molecular formula is C26H29BrFN3O. The monoisotopic (exact) mass is 497 g/mol. The number of rotatable bonds is 7. The van der Waals surface area contributed by atoms with Crippen molar-refractivity contribution >= 4 is 22.0 Å². The first-order valence-corrected chi connectivity index (χ1v) is 12.1. The van der Waals surface area contributed by atoms with Crippen molar-refractivity contribution in [2.75, 3.05) is 13.1 Å². The van der Waals surface area contributed by atoms with Crippen LogP contribution in [0.25, 0.3) is 11.8 Å². The van der Waals surface area contributed by atoms with Crippen molar-refractivity contribution in [3.8, 4) is 5.69 Å². The van der Waals surface area contributed by atoms with E-state index in [1.807, 2.05) is 30.3 Å². The van der Waals surface area contributed by atoms with E-state index in [0.29, 0.717) is 10.4 Å². The summed E-state index contributed by atoms with van der Waals surface area (Å²) in [5.41, 5.74) is 2.96. The van der Waals surface area contributed by atoms with E-state index in [0.717, 1.165) is 62.4 Å². The van der Waals surface area contributed by atoms with Gasteiger partial charge in [0.1, 0.15) is 10.3 Å². The first-order chi connectivity index (χ1) is 15.6. The van der Waals surface area contributed by atoms with E-state index in [1.165, 1.54) is 12.1 Å². The number of aromatic nitrogens is 2. The van der Waals surface area contributed by atoms with Gasteiger partial charge >= 0.3 is 0 Å². The first kappa shape index (κ1) is 22.7. The molecule has 0 radical (unpaired) electrons. The van der Waals surface area contributed by atoms with Crippen LogP contribution in [0.2, 0.25) is 0 Å². The number of para-hydroxylation sites is 1. The molecule has 0 amide bonds. The number of benzene rings is 2. The Bertz CT molecular complexity index is 1110. The summed E-state index contributed by atoms with van der Waals surface area (Å²) in [5, 5.41) is 0. The van der Waals surface area contributed by atoms with Crippen LogP contribution in [0.4, 0.5) is 4.39 Å². The highest BCUT2D eigenvalue weighted by Crippen LogP contribution is 2.25. The molecule has 1 aliphatic heterocycles. The van der Waals surface area contributed by atoms with Gasteiger partial charge in [-0.2, -0.15) is 0 Å². The Morgan fingerprint density at radius 1 is 1.06 bits per heavy atom. The minimum absolute atomic E-state index is 0.00568. The molecule has 0 N–H and O–H groups in total. The Balaban J connectivity index is 1.38. The Morgan fingerprint density at radius 2 is 1.75 bits per heavy atom. The Morgan fingerprint density at radius 3 is 2.41 bits per heavy atom. The van der Waals surface area contributed by atoms with Gasteiger partial charge in [-0.3, -0.25) is 14.4 Å². The molecule has 1 aliphatic rings. The predicted molar refractivity (Wildman–Crippen MR) is 131 cm³/mol. The van der Waals surface area contributed by atoms with Crippen LogP contribution in [-0.2, 0) is 13.1 Å². The van der Waals surface area contributed by atoms with Gasteiger partial charge in [0.2, 0.25) is 0 Å². The van der Waals surface area contributed by atoms with Gasteiger partial charge in [-0.1, -0.05) is 42.5 Å². The van der Waals surface area contributed by atoms with Crippen LogP contribution >= 0.6 is 15.9 Å². The van der Waals surface area contributed by atoms with Crippen molar-refractivity contribution in [2.45, 2.75) is 39.3 Å². The van der Waals surface area contributed by atoms with E-state index in [1.54, 1.807) is 16.8 Å². The van der Waals surface area contributed by atoms with E-state index >= 15 is 0 Å². The lowest BCUT2D eigenvalue weighted by Gasteiger charge is -2.31. The maximum absolute atomic E-state index is 13.0. The van der Waals surface area contributed by atoms with Gasteiger partial charge in [0.05, 0.1) is 11.4 Å². The van der Waals surface area contributed by atoms with Crippen LogP contribution in [-0.4, -0.2) is 27.4 Å². The zero-order chi connectivity index (χ0) is 22.5. The number of likely N-dealkylation sites (tertiary alicyclic amines) is 1. The maximum atomic E-state index is 13.0. The fourth-order valence-electron chi connectivity index (χ4n) is 4.43. The van der Waals surface area contributed by atoms with Crippen LogP contribution < -0.4 is 5.56 Å². The van der Waals surface area contributed by atoms with Crippen molar-refractivity contribution in [1.82, 2.24) is 14.3 Å². The van der Waals surface area contributed by atoms with Gasteiger partial charge in [0, 0.05) is 13.1 Å². The third-order valence-corrected chi connectivity index (χ3v) is 7.01. The van der Waals surface area contributed by atoms with Gasteiger partial charge in [0.15, 0.2) is 0 Å². The molecule has 4 nitrogen and oxygen atoms in total. The Labute approximate surface area is 197 Å². The lowest BCUT2D eigenvalue weighted by Crippen LogP contribution is -2.34. The minimum Gasteiger partial charge on any atom is -0.297 e. The van der Waals surface area contributed by atoms with Crippen molar-refractivity contribution in [1.29, 1.82) is 0 Å². The molecule has 0 bridgehead atoms. The number of hydrogen-bond acceptors (Lipinski definition) is 2. The molecule has 0 spiro atoms. The average Bonchev–Trinajstić information content (AvgIpc) is 3.06. The molecule has 0 aliphatic carbocycles. The summed E-state index contributed by atoms with van der Waals surface area (Å²) in [4.78, 5) is 15.4. The van der Waals surface area contributed by atoms with Crippen LogP contribution in [0.1, 0.15) is 37.4 Å². The van der Waals surface area contributed by atoms with Crippen LogP contribution in [0.3, 0.4) is 0 Å². The molecule has 3 aromatic rings. The fourth-order valence-corrected chi connectivity index (χ4v) is 4.93. The summed E-state index contributed by atoms with van der Waals surface area (Å²) in [6.45, 7) is 5.62. The van der Waals surface area contributed by atoms with Crippen molar-refractivity contribution in [3.05, 3.63) is 92.6 Å². The van der Waals surface area contributed by atoms with Crippen LogP contribution in [0.5, 0.6) is 0 Å². The van der Waals surface area contributed by atoms with Crippen molar-refractivity contribution in [3.63, 3.8) is 0 Å². The molecule has 0 saturated carbocycles. The molecule has 2 heterocycles. The molecular weight excluding hydrogens is 469 g/mol. The van der Waals surface area contributed by atoms with Crippen molar-refractivity contribution in [2.24, 2.45) is 5.92 Å². The van der Waals surface area contributed by atoms with E-state index < -0.39 is 0 Å². The van der Waals surface area contributed by atoms with Gasteiger partial charge in [0.25, 0.3) is 5.56 Å². The molecule has 168 valence electrons. The van der Waals surface area contributed by atoms with Crippen LogP contribution in [0, 0.1) is 11.7 Å². The average molecular weight is 498 g/mol. The quantitative estimate of drug-likeness (QED) is 0.408. The summed E-state index contributed by atoms with van der Waals surface area (Å²) >= 11 is 3.58. The summed E-state index contributed by atoms with van der Waals surface area (Å²) in [5.74, 6) is 0.461. The summed E-state index contributed by atoms with van der Waals surface area (Å²) < 4.78 is 17.5. The number of halogens is 2. The Kier molecular flexibility index (Phi) is 7.43. The third kappa shape index (κ3) is 5.13. The number of piperidine rings is 1. The second-order valence-corrected chi connectivity index (χ2v) is 9.13. The maximum Gasteiger partial charge on any atom is 0.286 e. The summed E-state index contributed by atoms with van der Waals surface area (Å²) in [6.07, 6.45) is 7.61. The zero-order valence-electron chi connectivity index (χ0n) is 18.4. The topological polar surface area (TPSA) is 30.2 Å². The molecule has 6 heteroatoms. The fraction of sp³-hybridized carbons (Fsp3) is 0.346. The first-order valence-electron chi connectivity index (χ1n) is 11.3. The second kappa shape index (κ2) is 10.5. The molecule has 1 fully saturated rings. The largest absolute Gasteiger partial charge is 0.297 e. The molecule has 2 aromatic carbocycles. The highest BCUT2D eigenvalue weighted by molar-refractivity contribution is 9.10.